The molecule has 1 aliphatic heterocycles. The standard InChI is InChI=1S/C17H26N2O/c18-14-17(7-3-4-8-17)16-6-2-1-5-15(16)13-19-9-11-20-12-10-19/h1-2,5-6H,3-4,7-14,18H2. The van der Waals surface area contributed by atoms with Gasteiger partial charge in [0, 0.05) is 31.6 Å². The van der Waals surface area contributed by atoms with Crippen LogP contribution in [0.15, 0.2) is 24.3 Å². The van der Waals surface area contributed by atoms with Crippen molar-refractivity contribution in [1.82, 2.24) is 4.90 Å². The Morgan fingerprint density at radius 2 is 1.80 bits per heavy atom. The third-order valence-corrected chi connectivity index (χ3v) is 5.04. The molecule has 2 aliphatic rings. The average molecular weight is 274 g/mol. The summed E-state index contributed by atoms with van der Waals surface area (Å²) in [5.74, 6) is 0. The highest BCUT2D eigenvalue weighted by atomic mass is 16.5. The molecule has 1 aliphatic carbocycles. The molecule has 3 rings (SSSR count). The lowest BCUT2D eigenvalue weighted by molar-refractivity contribution is 0.0339. The van der Waals surface area contributed by atoms with Gasteiger partial charge in [-0.2, -0.15) is 0 Å². The van der Waals surface area contributed by atoms with Crippen LogP contribution < -0.4 is 5.73 Å². The lowest BCUT2D eigenvalue weighted by Gasteiger charge is -2.33. The number of benzene rings is 1. The number of rotatable bonds is 4. The van der Waals surface area contributed by atoms with Crippen molar-refractivity contribution in [3.8, 4) is 0 Å². The molecule has 1 aromatic rings. The summed E-state index contributed by atoms with van der Waals surface area (Å²) in [7, 11) is 0. The topological polar surface area (TPSA) is 38.5 Å². The highest BCUT2D eigenvalue weighted by molar-refractivity contribution is 5.36. The number of hydrogen-bond acceptors (Lipinski definition) is 3. The van der Waals surface area contributed by atoms with Gasteiger partial charge in [-0.05, 0) is 24.0 Å². The Morgan fingerprint density at radius 1 is 1.10 bits per heavy atom. The number of morpholine rings is 1. The van der Waals surface area contributed by atoms with E-state index in [9.17, 15) is 0 Å². The normalized spacial score (nSPS) is 23.1. The van der Waals surface area contributed by atoms with E-state index in [-0.39, 0.29) is 5.41 Å². The van der Waals surface area contributed by atoms with Gasteiger partial charge in [-0.25, -0.2) is 0 Å². The molecule has 20 heavy (non-hydrogen) atoms. The van der Waals surface area contributed by atoms with E-state index in [1.165, 1.54) is 36.8 Å². The summed E-state index contributed by atoms with van der Waals surface area (Å²) < 4.78 is 5.45. The summed E-state index contributed by atoms with van der Waals surface area (Å²) in [6.45, 7) is 5.65. The molecule has 110 valence electrons. The fourth-order valence-corrected chi connectivity index (χ4v) is 3.81. The highest BCUT2D eigenvalue weighted by Crippen LogP contribution is 2.41. The second-order valence-electron chi connectivity index (χ2n) is 6.24. The van der Waals surface area contributed by atoms with Crippen molar-refractivity contribution >= 4 is 0 Å². The quantitative estimate of drug-likeness (QED) is 0.915. The largest absolute Gasteiger partial charge is 0.379 e. The zero-order chi connectivity index (χ0) is 13.8. The Balaban J connectivity index is 1.83. The molecule has 0 radical (unpaired) electrons. The molecule has 0 bridgehead atoms. The fraction of sp³-hybridized carbons (Fsp3) is 0.647. The van der Waals surface area contributed by atoms with Gasteiger partial charge in [0.05, 0.1) is 13.2 Å². The highest BCUT2D eigenvalue weighted by Gasteiger charge is 2.35. The molecule has 3 heteroatoms. The molecular weight excluding hydrogens is 248 g/mol. The maximum atomic E-state index is 6.17. The predicted octanol–water partition coefficient (Wildman–Crippen LogP) is 2.29. The van der Waals surface area contributed by atoms with Gasteiger partial charge in [0.2, 0.25) is 0 Å². The summed E-state index contributed by atoms with van der Waals surface area (Å²) in [6.07, 6.45) is 5.15. The molecule has 2 fully saturated rings. The van der Waals surface area contributed by atoms with Crippen LogP contribution in [0.5, 0.6) is 0 Å². The minimum atomic E-state index is 0.239. The van der Waals surface area contributed by atoms with Crippen molar-refractivity contribution < 1.29 is 4.74 Å². The van der Waals surface area contributed by atoms with Crippen molar-refractivity contribution in [3.63, 3.8) is 0 Å². The summed E-state index contributed by atoms with van der Waals surface area (Å²) in [4.78, 5) is 2.50. The van der Waals surface area contributed by atoms with Crippen LogP contribution in [-0.2, 0) is 16.7 Å². The van der Waals surface area contributed by atoms with Crippen molar-refractivity contribution in [2.24, 2.45) is 5.73 Å². The van der Waals surface area contributed by atoms with Gasteiger partial charge in [-0.1, -0.05) is 37.1 Å². The van der Waals surface area contributed by atoms with E-state index in [4.69, 9.17) is 10.5 Å². The molecule has 0 aromatic heterocycles. The van der Waals surface area contributed by atoms with Crippen LogP contribution in [-0.4, -0.2) is 37.7 Å². The van der Waals surface area contributed by atoms with Crippen LogP contribution in [0.2, 0.25) is 0 Å². The average Bonchev–Trinajstić information content (AvgIpc) is 2.99. The van der Waals surface area contributed by atoms with Gasteiger partial charge >= 0.3 is 0 Å². The summed E-state index contributed by atoms with van der Waals surface area (Å²) in [6, 6.07) is 8.95. The zero-order valence-corrected chi connectivity index (χ0v) is 12.3. The maximum absolute atomic E-state index is 6.17. The minimum Gasteiger partial charge on any atom is -0.379 e. The smallest absolute Gasteiger partial charge is 0.0594 e. The lowest BCUT2D eigenvalue weighted by Crippen LogP contribution is -2.38. The van der Waals surface area contributed by atoms with Crippen molar-refractivity contribution in [1.29, 1.82) is 0 Å². The Labute approximate surface area is 122 Å². The van der Waals surface area contributed by atoms with E-state index < -0.39 is 0 Å². The minimum absolute atomic E-state index is 0.239. The molecule has 0 spiro atoms. The summed E-state index contributed by atoms with van der Waals surface area (Å²) in [5.41, 5.74) is 9.39. The molecule has 0 unspecified atom stereocenters. The molecule has 0 amide bonds. The van der Waals surface area contributed by atoms with Crippen LogP contribution in [0.1, 0.15) is 36.8 Å². The first-order valence-corrected chi connectivity index (χ1v) is 7.93. The van der Waals surface area contributed by atoms with E-state index in [1.807, 2.05) is 0 Å². The van der Waals surface area contributed by atoms with E-state index in [0.29, 0.717) is 0 Å². The van der Waals surface area contributed by atoms with Crippen molar-refractivity contribution in [2.75, 3.05) is 32.8 Å². The molecular formula is C17H26N2O. The van der Waals surface area contributed by atoms with Crippen LogP contribution in [0.3, 0.4) is 0 Å². The van der Waals surface area contributed by atoms with Gasteiger partial charge < -0.3 is 10.5 Å². The van der Waals surface area contributed by atoms with Gasteiger partial charge in [0.1, 0.15) is 0 Å². The van der Waals surface area contributed by atoms with E-state index in [1.54, 1.807) is 0 Å². The number of hydrogen-bond donors (Lipinski definition) is 1. The third kappa shape index (κ3) is 2.76. The van der Waals surface area contributed by atoms with Crippen molar-refractivity contribution in [3.05, 3.63) is 35.4 Å². The zero-order valence-electron chi connectivity index (χ0n) is 12.3. The van der Waals surface area contributed by atoms with E-state index in [2.05, 4.69) is 29.2 Å². The van der Waals surface area contributed by atoms with Gasteiger partial charge in [0.25, 0.3) is 0 Å². The Kier molecular flexibility index (Phi) is 4.39. The molecule has 0 atom stereocenters. The molecule has 1 saturated heterocycles. The van der Waals surface area contributed by atoms with Crippen LogP contribution in [0.4, 0.5) is 0 Å². The lowest BCUT2D eigenvalue weighted by atomic mass is 9.76. The van der Waals surface area contributed by atoms with Gasteiger partial charge in [-0.15, -0.1) is 0 Å². The van der Waals surface area contributed by atoms with E-state index in [0.717, 1.165) is 39.4 Å². The third-order valence-electron chi connectivity index (χ3n) is 5.04. The van der Waals surface area contributed by atoms with Crippen LogP contribution >= 0.6 is 0 Å². The molecule has 3 nitrogen and oxygen atoms in total. The Bertz CT molecular complexity index is 434. The monoisotopic (exact) mass is 274 g/mol. The van der Waals surface area contributed by atoms with Crippen LogP contribution in [0.25, 0.3) is 0 Å². The summed E-state index contributed by atoms with van der Waals surface area (Å²) >= 11 is 0. The molecule has 1 aromatic carbocycles. The maximum Gasteiger partial charge on any atom is 0.0594 e. The number of nitrogens with two attached hydrogens (primary N) is 1. The number of nitrogens with zero attached hydrogens (tertiary/aromatic N) is 1. The Hall–Kier alpha value is -0.900. The Morgan fingerprint density at radius 3 is 2.50 bits per heavy atom. The molecule has 1 saturated carbocycles. The predicted molar refractivity (Wildman–Crippen MR) is 81.7 cm³/mol. The second kappa shape index (κ2) is 6.25. The molecule has 2 N–H and O–H groups in total. The van der Waals surface area contributed by atoms with E-state index >= 15 is 0 Å². The fourth-order valence-electron chi connectivity index (χ4n) is 3.81. The summed E-state index contributed by atoms with van der Waals surface area (Å²) in [5, 5.41) is 0. The van der Waals surface area contributed by atoms with Gasteiger partial charge in [-0.3, -0.25) is 4.90 Å². The molecule has 1 heterocycles. The first kappa shape index (κ1) is 14.1. The SMILES string of the molecule is NCC1(c2ccccc2CN2CCOCC2)CCCC1. The van der Waals surface area contributed by atoms with Gasteiger partial charge in [0.15, 0.2) is 0 Å². The number of ether oxygens (including phenoxy) is 1. The second-order valence-corrected chi connectivity index (χ2v) is 6.24. The first-order valence-electron chi connectivity index (χ1n) is 7.93. The van der Waals surface area contributed by atoms with Crippen molar-refractivity contribution in [2.45, 2.75) is 37.6 Å². The van der Waals surface area contributed by atoms with Crippen LogP contribution in [0, 0.1) is 0 Å². The first-order chi connectivity index (χ1) is 9.84.